The molecule has 2 N–H and O–H groups in total. The predicted molar refractivity (Wildman–Crippen MR) is 83.7 cm³/mol. The van der Waals surface area contributed by atoms with Gasteiger partial charge >= 0.3 is 0 Å². The molecule has 1 aliphatic rings. The number of fused-ring (bicyclic) bond motifs is 1. The molecule has 0 unspecified atom stereocenters. The molecule has 0 atom stereocenters. The summed E-state index contributed by atoms with van der Waals surface area (Å²) < 4.78 is 2.18. The van der Waals surface area contributed by atoms with E-state index in [1.165, 1.54) is 18.4 Å². The summed E-state index contributed by atoms with van der Waals surface area (Å²) in [7, 11) is 0. The van der Waals surface area contributed by atoms with Crippen LogP contribution >= 0.6 is 0 Å². The first-order chi connectivity index (χ1) is 9.47. The highest BCUT2D eigenvalue weighted by Crippen LogP contribution is 2.31. The number of hydrogen-bond acceptors (Lipinski definition) is 2. The minimum Gasteiger partial charge on any atom is -0.383 e. The van der Waals surface area contributed by atoms with Crippen LogP contribution in [0.15, 0.2) is 24.3 Å². The summed E-state index contributed by atoms with van der Waals surface area (Å²) in [5.41, 5.74) is 9.86. The third-order valence-corrected chi connectivity index (χ3v) is 4.14. The zero-order valence-corrected chi connectivity index (χ0v) is 12.6. The number of rotatable bonds is 1. The second-order valence-corrected chi connectivity index (χ2v) is 6.70. The van der Waals surface area contributed by atoms with Gasteiger partial charge in [0.15, 0.2) is 0 Å². The first-order valence-corrected chi connectivity index (χ1v) is 7.42. The van der Waals surface area contributed by atoms with Crippen molar-refractivity contribution in [1.29, 1.82) is 0 Å². The van der Waals surface area contributed by atoms with Gasteiger partial charge in [-0.25, -0.2) is 4.98 Å². The number of nitrogens with two attached hydrogens (primary N) is 1. The molecule has 0 saturated carbocycles. The molecule has 0 aliphatic carbocycles. The molecule has 2 aromatic rings. The largest absolute Gasteiger partial charge is 0.383 e. The maximum atomic E-state index is 6.28. The molecule has 106 valence electrons. The summed E-state index contributed by atoms with van der Waals surface area (Å²) >= 11 is 0. The van der Waals surface area contributed by atoms with E-state index in [-0.39, 0.29) is 5.41 Å². The van der Waals surface area contributed by atoms with Crippen LogP contribution in [0.3, 0.4) is 0 Å². The molecular formula is C17H23N3. The molecule has 0 fully saturated rings. The lowest BCUT2D eigenvalue weighted by atomic mass is 9.86. The van der Waals surface area contributed by atoms with Gasteiger partial charge in [0, 0.05) is 18.5 Å². The van der Waals surface area contributed by atoms with Crippen molar-refractivity contribution < 1.29 is 0 Å². The Balaban J connectivity index is 1.99. The lowest BCUT2D eigenvalue weighted by Gasteiger charge is -2.19. The molecule has 3 nitrogen and oxygen atoms in total. The number of aryl methyl sites for hydroxylation is 1. The van der Waals surface area contributed by atoms with E-state index in [0.717, 1.165) is 35.9 Å². The van der Waals surface area contributed by atoms with E-state index in [2.05, 4.69) is 49.6 Å². The van der Waals surface area contributed by atoms with E-state index >= 15 is 0 Å². The molecule has 0 saturated heterocycles. The molecule has 1 aliphatic heterocycles. The second-order valence-electron chi connectivity index (χ2n) is 6.70. The normalized spacial score (nSPS) is 15.2. The van der Waals surface area contributed by atoms with Crippen LogP contribution in [-0.2, 0) is 18.4 Å². The van der Waals surface area contributed by atoms with Crippen LogP contribution in [0, 0.1) is 0 Å². The van der Waals surface area contributed by atoms with Gasteiger partial charge in [-0.15, -0.1) is 0 Å². The van der Waals surface area contributed by atoms with Gasteiger partial charge in [-0.2, -0.15) is 0 Å². The Morgan fingerprint density at radius 2 is 1.80 bits per heavy atom. The number of benzene rings is 1. The number of imidazole rings is 1. The van der Waals surface area contributed by atoms with E-state index in [0.29, 0.717) is 0 Å². The Morgan fingerprint density at radius 3 is 2.40 bits per heavy atom. The second kappa shape index (κ2) is 4.65. The van der Waals surface area contributed by atoms with Gasteiger partial charge in [-0.3, -0.25) is 0 Å². The van der Waals surface area contributed by atoms with Crippen molar-refractivity contribution in [1.82, 2.24) is 9.55 Å². The van der Waals surface area contributed by atoms with Crippen LogP contribution in [0.2, 0.25) is 0 Å². The molecule has 3 rings (SSSR count). The van der Waals surface area contributed by atoms with Crippen molar-refractivity contribution in [2.45, 2.75) is 52.0 Å². The summed E-state index contributed by atoms with van der Waals surface area (Å²) in [4.78, 5) is 4.75. The Bertz CT molecular complexity index is 615. The fraction of sp³-hybridized carbons (Fsp3) is 0.471. The molecular weight excluding hydrogens is 246 g/mol. The minimum atomic E-state index is 0.178. The topological polar surface area (TPSA) is 43.8 Å². The van der Waals surface area contributed by atoms with Crippen molar-refractivity contribution in [2.24, 2.45) is 0 Å². The third-order valence-electron chi connectivity index (χ3n) is 4.14. The maximum Gasteiger partial charge on any atom is 0.131 e. The van der Waals surface area contributed by atoms with Gasteiger partial charge in [0.05, 0.1) is 0 Å². The van der Waals surface area contributed by atoms with E-state index in [1.807, 2.05) is 0 Å². The van der Waals surface area contributed by atoms with Crippen molar-refractivity contribution in [3.8, 4) is 11.3 Å². The van der Waals surface area contributed by atoms with Crippen LogP contribution in [0.1, 0.15) is 45.0 Å². The third kappa shape index (κ3) is 2.21. The highest BCUT2D eigenvalue weighted by atomic mass is 15.1. The van der Waals surface area contributed by atoms with Gasteiger partial charge in [0.2, 0.25) is 0 Å². The Hall–Kier alpha value is -1.77. The predicted octanol–water partition coefficient (Wildman–Crippen LogP) is 3.77. The van der Waals surface area contributed by atoms with Gasteiger partial charge in [-0.1, -0.05) is 45.0 Å². The summed E-state index contributed by atoms with van der Waals surface area (Å²) in [6.45, 7) is 7.69. The first-order valence-electron chi connectivity index (χ1n) is 7.42. The molecule has 1 aromatic heterocycles. The summed E-state index contributed by atoms with van der Waals surface area (Å²) in [6, 6.07) is 8.66. The van der Waals surface area contributed by atoms with E-state index in [4.69, 9.17) is 10.7 Å². The smallest absolute Gasteiger partial charge is 0.131 e. The molecule has 2 heterocycles. The van der Waals surface area contributed by atoms with Crippen LogP contribution in [0.25, 0.3) is 11.3 Å². The number of nitrogens with zero attached hydrogens (tertiary/aromatic N) is 2. The maximum absolute atomic E-state index is 6.28. The standard InChI is InChI=1S/C17H23N3/c1-17(2,3)13-9-7-12(8-10-13)15-16(18)20-11-5-4-6-14(20)19-15/h7-10H,4-6,11,18H2,1-3H3. The van der Waals surface area contributed by atoms with E-state index in [9.17, 15) is 0 Å². The number of anilines is 1. The molecule has 0 radical (unpaired) electrons. The molecule has 0 amide bonds. The van der Waals surface area contributed by atoms with Crippen molar-refractivity contribution >= 4 is 5.82 Å². The fourth-order valence-electron chi connectivity index (χ4n) is 2.85. The number of nitrogen functional groups attached to an aromatic ring is 1. The van der Waals surface area contributed by atoms with Gasteiger partial charge in [0.25, 0.3) is 0 Å². The zero-order valence-electron chi connectivity index (χ0n) is 12.6. The van der Waals surface area contributed by atoms with Gasteiger partial charge < -0.3 is 10.3 Å². The lowest BCUT2D eigenvalue weighted by molar-refractivity contribution is 0.527. The highest BCUT2D eigenvalue weighted by Gasteiger charge is 2.19. The van der Waals surface area contributed by atoms with Gasteiger partial charge in [0.1, 0.15) is 17.3 Å². The van der Waals surface area contributed by atoms with Crippen LogP contribution in [0.4, 0.5) is 5.82 Å². The minimum absolute atomic E-state index is 0.178. The summed E-state index contributed by atoms with van der Waals surface area (Å²) in [5, 5.41) is 0. The fourth-order valence-corrected chi connectivity index (χ4v) is 2.85. The average Bonchev–Trinajstić information content (AvgIpc) is 2.76. The number of aromatic nitrogens is 2. The van der Waals surface area contributed by atoms with Crippen molar-refractivity contribution in [2.75, 3.05) is 5.73 Å². The monoisotopic (exact) mass is 269 g/mol. The van der Waals surface area contributed by atoms with Crippen LogP contribution in [-0.4, -0.2) is 9.55 Å². The zero-order chi connectivity index (χ0) is 14.3. The molecule has 0 bridgehead atoms. The molecule has 1 aromatic carbocycles. The SMILES string of the molecule is CC(C)(C)c1ccc(-c2nc3n(c2N)CCCC3)cc1. The first kappa shape index (κ1) is 13.2. The molecule has 0 spiro atoms. The summed E-state index contributed by atoms with van der Waals surface area (Å²) in [5.74, 6) is 1.96. The Labute approximate surface area is 120 Å². The van der Waals surface area contributed by atoms with Crippen molar-refractivity contribution in [3.05, 3.63) is 35.7 Å². The van der Waals surface area contributed by atoms with Crippen LogP contribution in [0.5, 0.6) is 0 Å². The quantitative estimate of drug-likeness (QED) is 0.856. The Morgan fingerprint density at radius 1 is 1.10 bits per heavy atom. The molecule has 3 heteroatoms. The average molecular weight is 269 g/mol. The Kier molecular flexibility index (Phi) is 3.08. The number of hydrogen-bond donors (Lipinski definition) is 1. The van der Waals surface area contributed by atoms with Crippen molar-refractivity contribution in [3.63, 3.8) is 0 Å². The summed E-state index contributed by atoms with van der Waals surface area (Å²) in [6.07, 6.45) is 3.47. The molecule has 20 heavy (non-hydrogen) atoms. The van der Waals surface area contributed by atoms with Gasteiger partial charge in [-0.05, 0) is 23.8 Å². The lowest BCUT2D eigenvalue weighted by Crippen LogP contribution is -2.12. The van der Waals surface area contributed by atoms with Crippen LogP contribution < -0.4 is 5.73 Å². The highest BCUT2D eigenvalue weighted by molar-refractivity contribution is 5.71. The van der Waals surface area contributed by atoms with E-state index in [1.54, 1.807) is 0 Å². The van der Waals surface area contributed by atoms with E-state index < -0.39 is 0 Å².